The van der Waals surface area contributed by atoms with Crippen LogP contribution in [-0.4, -0.2) is 37.7 Å². The van der Waals surface area contributed by atoms with Crippen molar-refractivity contribution >= 4 is 5.91 Å². The molecule has 2 rings (SSSR count). The third kappa shape index (κ3) is 2.49. The van der Waals surface area contributed by atoms with Crippen molar-refractivity contribution in [3.05, 3.63) is 0 Å². The van der Waals surface area contributed by atoms with E-state index >= 15 is 0 Å². The predicted octanol–water partition coefficient (Wildman–Crippen LogP) is 0.280. The maximum atomic E-state index is 12.0. The first kappa shape index (κ1) is 10.9. The molecule has 0 aromatic heterocycles. The number of amides is 1. The van der Waals surface area contributed by atoms with E-state index < -0.39 is 0 Å². The minimum absolute atomic E-state index is 0.0793. The molecule has 86 valence electrons. The van der Waals surface area contributed by atoms with Gasteiger partial charge in [-0.1, -0.05) is 6.92 Å². The van der Waals surface area contributed by atoms with Crippen LogP contribution >= 0.6 is 0 Å². The van der Waals surface area contributed by atoms with Crippen molar-refractivity contribution in [2.75, 3.05) is 19.7 Å². The van der Waals surface area contributed by atoms with Crippen LogP contribution in [0.4, 0.5) is 0 Å². The van der Waals surface area contributed by atoms with Gasteiger partial charge in [0.2, 0.25) is 5.91 Å². The molecule has 0 spiro atoms. The van der Waals surface area contributed by atoms with Crippen molar-refractivity contribution in [3.8, 4) is 0 Å². The van der Waals surface area contributed by atoms with Crippen LogP contribution in [0.3, 0.4) is 0 Å². The van der Waals surface area contributed by atoms with Crippen LogP contribution in [-0.2, 0) is 9.53 Å². The molecule has 0 saturated carbocycles. The van der Waals surface area contributed by atoms with E-state index in [-0.39, 0.29) is 17.9 Å². The number of hydrogen-bond donors (Lipinski definition) is 2. The lowest BCUT2D eigenvalue weighted by atomic mass is 9.98. The molecular formula is C11H20N2O2. The summed E-state index contributed by atoms with van der Waals surface area (Å²) in [4.78, 5) is 12.0. The second kappa shape index (κ2) is 4.94. The van der Waals surface area contributed by atoms with Gasteiger partial charge in [0, 0.05) is 19.2 Å². The van der Waals surface area contributed by atoms with Gasteiger partial charge in [-0.25, -0.2) is 0 Å². The van der Waals surface area contributed by atoms with Gasteiger partial charge in [0.05, 0.1) is 12.0 Å². The van der Waals surface area contributed by atoms with Crippen molar-refractivity contribution in [1.29, 1.82) is 0 Å². The van der Waals surface area contributed by atoms with E-state index in [2.05, 4.69) is 17.6 Å². The summed E-state index contributed by atoms with van der Waals surface area (Å²) in [6.07, 6.45) is 3.00. The number of rotatable bonds is 3. The van der Waals surface area contributed by atoms with Gasteiger partial charge < -0.3 is 15.4 Å². The largest absolute Gasteiger partial charge is 0.377 e. The fraction of sp³-hybridized carbons (Fsp3) is 0.909. The molecule has 4 heteroatoms. The smallest absolute Gasteiger partial charge is 0.226 e. The molecule has 2 aliphatic rings. The molecule has 2 fully saturated rings. The quantitative estimate of drug-likeness (QED) is 0.706. The molecule has 2 heterocycles. The lowest BCUT2D eigenvalue weighted by molar-refractivity contribution is -0.127. The molecule has 0 radical (unpaired) electrons. The van der Waals surface area contributed by atoms with Crippen LogP contribution in [0.1, 0.15) is 26.2 Å². The highest BCUT2D eigenvalue weighted by molar-refractivity contribution is 5.79. The van der Waals surface area contributed by atoms with Crippen molar-refractivity contribution in [2.24, 2.45) is 5.92 Å². The van der Waals surface area contributed by atoms with E-state index in [4.69, 9.17) is 4.74 Å². The van der Waals surface area contributed by atoms with Gasteiger partial charge >= 0.3 is 0 Å². The molecule has 0 bridgehead atoms. The van der Waals surface area contributed by atoms with Crippen LogP contribution in [0, 0.1) is 5.92 Å². The van der Waals surface area contributed by atoms with Crippen molar-refractivity contribution < 1.29 is 9.53 Å². The average molecular weight is 212 g/mol. The molecule has 4 nitrogen and oxygen atoms in total. The van der Waals surface area contributed by atoms with Crippen molar-refractivity contribution in [2.45, 2.75) is 38.3 Å². The van der Waals surface area contributed by atoms with Crippen LogP contribution in [0.5, 0.6) is 0 Å². The second-order valence-electron chi connectivity index (χ2n) is 4.41. The zero-order valence-electron chi connectivity index (χ0n) is 9.29. The SMILES string of the molecule is CCC1OCCC1C(=O)NC1CCNC1. The summed E-state index contributed by atoms with van der Waals surface area (Å²) in [5.74, 6) is 0.267. The molecule has 3 atom stereocenters. The first-order valence-corrected chi connectivity index (χ1v) is 5.94. The van der Waals surface area contributed by atoms with E-state index in [1.807, 2.05) is 0 Å². The Hall–Kier alpha value is -0.610. The Morgan fingerprint density at radius 3 is 3.07 bits per heavy atom. The van der Waals surface area contributed by atoms with Gasteiger partial charge in [0.15, 0.2) is 0 Å². The van der Waals surface area contributed by atoms with E-state index in [0.717, 1.165) is 39.0 Å². The van der Waals surface area contributed by atoms with Gasteiger partial charge in [-0.05, 0) is 25.8 Å². The van der Waals surface area contributed by atoms with Gasteiger partial charge in [-0.2, -0.15) is 0 Å². The predicted molar refractivity (Wildman–Crippen MR) is 57.6 cm³/mol. The Morgan fingerprint density at radius 1 is 1.53 bits per heavy atom. The summed E-state index contributed by atoms with van der Waals surface area (Å²) in [6.45, 7) is 4.74. The Balaban J connectivity index is 1.83. The standard InChI is InChI=1S/C11H20N2O2/c1-2-10-9(4-6-15-10)11(14)13-8-3-5-12-7-8/h8-10,12H,2-7H2,1H3,(H,13,14). The second-order valence-corrected chi connectivity index (χ2v) is 4.41. The highest BCUT2D eigenvalue weighted by atomic mass is 16.5. The fourth-order valence-electron chi connectivity index (χ4n) is 2.44. The summed E-state index contributed by atoms with van der Waals surface area (Å²) < 4.78 is 5.52. The summed E-state index contributed by atoms with van der Waals surface area (Å²) >= 11 is 0. The molecule has 2 N–H and O–H groups in total. The van der Waals surface area contributed by atoms with Gasteiger partial charge in [-0.15, -0.1) is 0 Å². The van der Waals surface area contributed by atoms with Gasteiger partial charge in [0.1, 0.15) is 0 Å². The van der Waals surface area contributed by atoms with Crippen molar-refractivity contribution in [1.82, 2.24) is 10.6 Å². The summed E-state index contributed by atoms with van der Waals surface area (Å²) in [6, 6.07) is 0.329. The number of carbonyl (C=O) groups is 1. The Bertz CT molecular complexity index is 227. The molecule has 0 aromatic rings. The molecular weight excluding hydrogens is 192 g/mol. The number of nitrogens with one attached hydrogen (secondary N) is 2. The molecule has 15 heavy (non-hydrogen) atoms. The average Bonchev–Trinajstić information content (AvgIpc) is 2.86. The Morgan fingerprint density at radius 2 is 2.40 bits per heavy atom. The molecule has 0 aliphatic carbocycles. The Labute approximate surface area is 90.8 Å². The number of carbonyl (C=O) groups excluding carboxylic acids is 1. The molecule has 0 aromatic carbocycles. The van der Waals surface area contributed by atoms with Crippen LogP contribution in [0.25, 0.3) is 0 Å². The topological polar surface area (TPSA) is 50.4 Å². The Kier molecular flexibility index (Phi) is 3.59. The van der Waals surface area contributed by atoms with Gasteiger partial charge in [0.25, 0.3) is 0 Å². The van der Waals surface area contributed by atoms with E-state index in [0.29, 0.717) is 6.04 Å². The summed E-state index contributed by atoms with van der Waals surface area (Å²) in [7, 11) is 0. The zero-order valence-corrected chi connectivity index (χ0v) is 9.29. The third-order valence-corrected chi connectivity index (χ3v) is 3.36. The minimum Gasteiger partial charge on any atom is -0.377 e. The van der Waals surface area contributed by atoms with E-state index in [1.165, 1.54) is 0 Å². The third-order valence-electron chi connectivity index (χ3n) is 3.36. The lowest BCUT2D eigenvalue weighted by Gasteiger charge is -2.19. The summed E-state index contributed by atoms with van der Waals surface area (Å²) in [5.41, 5.74) is 0. The van der Waals surface area contributed by atoms with Crippen LogP contribution in [0.2, 0.25) is 0 Å². The molecule has 1 amide bonds. The van der Waals surface area contributed by atoms with Crippen LogP contribution < -0.4 is 10.6 Å². The van der Waals surface area contributed by atoms with Gasteiger partial charge in [-0.3, -0.25) is 4.79 Å². The fourth-order valence-corrected chi connectivity index (χ4v) is 2.44. The van der Waals surface area contributed by atoms with Crippen molar-refractivity contribution in [3.63, 3.8) is 0 Å². The molecule has 3 unspecified atom stereocenters. The first-order valence-electron chi connectivity index (χ1n) is 5.94. The first-order chi connectivity index (χ1) is 7.31. The zero-order chi connectivity index (χ0) is 10.7. The monoisotopic (exact) mass is 212 g/mol. The summed E-state index contributed by atoms with van der Waals surface area (Å²) in [5, 5.41) is 6.35. The van der Waals surface area contributed by atoms with E-state index in [9.17, 15) is 4.79 Å². The highest BCUT2D eigenvalue weighted by Gasteiger charge is 2.33. The highest BCUT2D eigenvalue weighted by Crippen LogP contribution is 2.23. The van der Waals surface area contributed by atoms with Crippen LogP contribution in [0.15, 0.2) is 0 Å². The lowest BCUT2D eigenvalue weighted by Crippen LogP contribution is -2.42. The molecule has 2 aliphatic heterocycles. The van der Waals surface area contributed by atoms with E-state index in [1.54, 1.807) is 0 Å². The number of hydrogen-bond acceptors (Lipinski definition) is 3. The maximum absolute atomic E-state index is 12.0. The normalized spacial score (nSPS) is 35.7. The molecule has 2 saturated heterocycles. The number of ether oxygens (including phenoxy) is 1. The minimum atomic E-state index is 0.0793. The maximum Gasteiger partial charge on any atom is 0.226 e.